The molecule has 4 heterocycles. The number of fused-ring (bicyclic) bond motifs is 9. The minimum atomic E-state index is -1.46. The van der Waals surface area contributed by atoms with Gasteiger partial charge in [-0.2, -0.15) is 0 Å². The fourth-order valence-electron chi connectivity index (χ4n) is 6.20. The second-order valence-electron chi connectivity index (χ2n) is 8.67. The van der Waals surface area contributed by atoms with Crippen LogP contribution in [0.15, 0.2) is 54.7 Å². The van der Waals surface area contributed by atoms with Crippen molar-refractivity contribution in [2.45, 2.75) is 11.3 Å². The Bertz CT molecular complexity index is 1550. The number of hydrogen-bond donors (Lipinski definition) is 4. The third-order valence-corrected chi connectivity index (χ3v) is 7.36. The number of carbonyl (C=O) groups excluding carboxylic acids is 4. The van der Waals surface area contributed by atoms with Crippen LogP contribution in [0.1, 0.15) is 22.7 Å². The molecule has 4 atom stereocenters. The highest BCUT2D eigenvalue weighted by molar-refractivity contribution is 6.20. The fraction of sp³-hybridized carbons (Fsp3) is 0.167. The number of aromatic amines is 2. The number of benzene rings is 2. The zero-order valence-electron chi connectivity index (χ0n) is 16.6. The number of hydrogen-bond acceptors (Lipinski definition) is 4. The Morgan fingerprint density at radius 2 is 1.47 bits per heavy atom. The zero-order chi connectivity index (χ0) is 21.8. The average molecular weight is 424 g/mol. The number of aromatic nitrogens is 2. The van der Waals surface area contributed by atoms with Crippen LogP contribution in [0, 0.1) is 11.8 Å². The molecule has 1 aliphatic carbocycles. The van der Waals surface area contributed by atoms with Crippen LogP contribution in [-0.4, -0.2) is 33.6 Å². The number of amides is 4. The topological polar surface area (TPSA) is 124 Å². The lowest BCUT2D eigenvalue weighted by Crippen LogP contribution is -2.50. The third-order valence-electron chi connectivity index (χ3n) is 7.36. The van der Waals surface area contributed by atoms with Gasteiger partial charge in [0, 0.05) is 33.7 Å². The van der Waals surface area contributed by atoms with E-state index in [0.717, 1.165) is 21.8 Å². The molecule has 0 saturated carbocycles. The summed E-state index contributed by atoms with van der Waals surface area (Å²) in [5.41, 5.74) is 1.82. The average Bonchev–Trinajstić information content (AvgIpc) is 3.51. The molecule has 8 nitrogen and oxygen atoms in total. The number of H-pyrrole nitrogens is 2. The van der Waals surface area contributed by atoms with Gasteiger partial charge in [-0.15, -0.1) is 0 Å². The maximum Gasteiger partial charge on any atom is 0.244 e. The van der Waals surface area contributed by atoms with Crippen LogP contribution in [0.3, 0.4) is 0 Å². The monoisotopic (exact) mass is 424 g/mol. The van der Waals surface area contributed by atoms with Crippen molar-refractivity contribution in [1.29, 1.82) is 0 Å². The lowest BCUT2D eigenvalue weighted by atomic mass is 9.56. The highest BCUT2D eigenvalue weighted by atomic mass is 16.2. The highest BCUT2D eigenvalue weighted by Crippen LogP contribution is 2.59. The molecule has 2 aromatic carbocycles. The van der Waals surface area contributed by atoms with Gasteiger partial charge in [0.05, 0.1) is 17.8 Å². The summed E-state index contributed by atoms with van der Waals surface area (Å²) in [5.74, 6) is -4.85. The first kappa shape index (κ1) is 17.5. The van der Waals surface area contributed by atoms with Gasteiger partial charge in [-0.05, 0) is 23.3 Å². The first-order valence-electron chi connectivity index (χ1n) is 10.4. The van der Waals surface area contributed by atoms with E-state index in [1.54, 1.807) is 6.20 Å². The van der Waals surface area contributed by atoms with E-state index in [1.807, 2.05) is 48.5 Å². The molecule has 2 saturated heterocycles. The fourth-order valence-corrected chi connectivity index (χ4v) is 6.20. The molecule has 2 aliphatic heterocycles. The Hall–Kier alpha value is -4.20. The van der Waals surface area contributed by atoms with Crippen molar-refractivity contribution < 1.29 is 19.2 Å². The van der Waals surface area contributed by atoms with Crippen LogP contribution in [0.2, 0.25) is 0 Å². The van der Waals surface area contributed by atoms with Crippen LogP contribution in [-0.2, 0) is 24.6 Å². The van der Waals surface area contributed by atoms with Crippen LogP contribution < -0.4 is 10.6 Å². The van der Waals surface area contributed by atoms with Gasteiger partial charge in [-0.1, -0.05) is 36.4 Å². The summed E-state index contributed by atoms with van der Waals surface area (Å²) in [6, 6.07) is 15.0. The van der Waals surface area contributed by atoms with E-state index in [9.17, 15) is 19.2 Å². The predicted octanol–water partition coefficient (Wildman–Crippen LogP) is 1.58. The lowest BCUT2D eigenvalue weighted by Gasteiger charge is -2.40. The maximum atomic E-state index is 13.7. The molecule has 0 bridgehead atoms. The summed E-state index contributed by atoms with van der Waals surface area (Å²) in [7, 11) is 0. The summed E-state index contributed by atoms with van der Waals surface area (Å²) in [5, 5.41) is 6.45. The zero-order valence-corrected chi connectivity index (χ0v) is 16.6. The lowest BCUT2D eigenvalue weighted by molar-refractivity contribution is -0.132. The summed E-state index contributed by atoms with van der Waals surface area (Å²) < 4.78 is 0. The van der Waals surface area contributed by atoms with E-state index in [0.29, 0.717) is 16.8 Å². The summed E-state index contributed by atoms with van der Waals surface area (Å²) in [6.45, 7) is 0. The number of para-hydroxylation sites is 2. The Morgan fingerprint density at radius 3 is 2.28 bits per heavy atom. The van der Waals surface area contributed by atoms with Gasteiger partial charge < -0.3 is 9.97 Å². The molecule has 2 fully saturated rings. The van der Waals surface area contributed by atoms with Crippen molar-refractivity contribution in [2.75, 3.05) is 0 Å². The first-order valence-corrected chi connectivity index (χ1v) is 10.4. The van der Waals surface area contributed by atoms with Gasteiger partial charge in [-0.3, -0.25) is 29.8 Å². The Balaban J connectivity index is 1.69. The van der Waals surface area contributed by atoms with Crippen LogP contribution in [0.4, 0.5) is 0 Å². The van der Waals surface area contributed by atoms with Gasteiger partial charge in [0.25, 0.3) is 0 Å². The van der Waals surface area contributed by atoms with Crippen molar-refractivity contribution in [2.24, 2.45) is 11.8 Å². The second-order valence-corrected chi connectivity index (χ2v) is 8.67. The SMILES string of the molecule is O=C1NC(=O)[C@@H]2c3c([nH]c4ccccc34)[C@@]3(c4c[nH]c5ccccc45)C(=O)NC(=O)[C@H]3[C@H]12. The van der Waals surface area contributed by atoms with Crippen molar-refractivity contribution in [3.8, 4) is 0 Å². The molecule has 2 aromatic heterocycles. The maximum absolute atomic E-state index is 13.7. The van der Waals surface area contributed by atoms with Crippen molar-refractivity contribution in [3.05, 3.63) is 71.5 Å². The van der Waals surface area contributed by atoms with E-state index < -0.39 is 46.8 Å². The van der Waals surface area contributed by atoms with Crippen molar-refractivity contribution >= 4 is 45.4 Å². The molecule has 4 amide bonds. The largest absolute Gasteiger partial charge is 0.361 e. The smallest absolute Gasteiger partial charge is 0.244 e. The molecule has 4 N–H and O–H groups in total. The molecule has 0 radical (unpaired) electrons. The van der Waals surface area contributed by atoms with E-state index >= 15 is 0 Å². The van der Waals surface area contributed by atoms with E-state index in [4.69, 9.17) is 0 Å². The minimum absolute atomic E-state index is 0.439. The first-order chi connectivity index (χ1) is 15.5. The molecule has 32 heavy (non-hydrogen) atoms. The molecule has 7 rings (SSSR count). The normalized spacial score (nSPS) is 28.6. The van der Waals surface area contributed by atoms with Crippen molar-refractivity contribution in [3.63, 3.8) is 0 Å². The van der Waals surface area contributed by atoms with Gasteiger partial charge in [0.15, 0.2) is 0 Å². The quantitative estimate of drug-likeness (QED) is 0.346. The number of nitrogens with one attached hydrogen (secondary N) is 4. The molecule has 8 heteroatoms. The summed E-state index contributed by atoms with van der Waals surface area (Å²) >= 11 is 0. The second kappa shape index (κ2) is 5.53. The van der Waals surface area contributed by atoms with Gasteiger partial charge in [-0.25, -0.2) is 0 Å². The van der Waals surface area contributed by atoms with Gasteiger partial charge in [0.1, 0.15) is 5.41 Å². The van der Waals surface area contributed by atoms with Crippen LogP contribution in [0.25, 0.3) is 21.8 Å². The molecule has 3 aliphatic rings. The Kier molecular flexibility index (Phi) is 3.02. The standard InChI is InChI=1S/C24H16N4O4/c29-20-16-15-11-6-2-4-8-14(11)26-19(15)24(12-9-25-13-7-3-1-5-10(12)13)18(17(16)21(30)27-20)22(31)28-23(24)32/h1-9,16-18,25-26H,(H,27,29,30)(H,28,31,32)/t16-,17-,18-,24+/m1/s1. The van der Waals surface area contributed by atoms with E-state index in [-0.39, 0.29) is 0 Å². The molecule has 0 spiro atoms. The number of rotatable bonds is 1. The molecule has 0 unspecified atom stereocenters. The summed E-state index contributed by atoms with van der Waals surface area (Å²) in [6.07, 6.45) is 1.74. The Labute approximate surface area is 180 Å². The highest BCUT2D eigenvalue weighted by Gasteiger charge is 2.70. The number of imide groups is 2. The summed E-state index contributed by atoms with van der Waals surface area (Å²) in [4.78, 5) is 59.5. The number of carbonyl (C=O) groups is 4. The van der Waals surface area contributed by atoms with Crippen molar-refractivity contribution in [1.82, 2.24) is 20.6 Å². The molecular formula is C24H16N4O4. The van der Waals surface area contributed by atoms with E-state index in [2.05, 4.69) is 20.6 Å². The van der Waals surface area contributed by atoms with Crippen LogP contribution in [0.5, 0.6) is 0 Å². The minimum Gasteiger partial charge on any atom is -0.361 e. The van der Waals surface area contributed by atoms with Crippen LogP contribution >= 0.6 is 0 Å². The third kappa shape index (κ3) is 1.77. The Morgan fingerprint density at radius 1 is 0.750 bits per heavy atom. The molecular weight excluding hydrogens is 408 g/mol. The predicted molar refractivity (Wildman–Crippen MR) is 113 cm³/mol. The van der Waals surface area contributed by atoms with E-state index in [1.165, 1.54) is 0 Å². The molecule has 156 valence electrons. The van der Waals surface area contributed by atoms with Gasteiger partial charge >= 0.3 is 0 Å². The molecule has 4 aromatic rings. The van der Waals surface area contributed by atoms with Gasteiger partial charge in [0.2, 0.25) is 23.6 Å².